The lowest BCUT2D eigenvalue weighted by Crippen LogP contribution is -2.22. The maximum atomic E-state index is 6.12. The van der Waals surface area contributed by atoms with E-state index in [1.54, 1.807) is 11.3 Å². The van der Waals surface area contributed by atoms with Gasteiger partial charge in [0.15, 0.2) is 0 Å². The molecule has 0 bridgehead atoms. The molecule has 1 unspecified atom stereocenters. The summed E-state index contributed by atoms with van der Waals surface area (Å²) in [5, 5.41) is 7.80. The molecule has 2 aromatic rings. The average Bonchev–Trinajstić information content (AvgIpc) is 2.89. The molecule has 1 heterocycles. The maximum absolute atomic E-state index is 6.12. The SMILES string of the molecule is CCNC(c1ccc(Cl)c(Cl)c1)c1nc(C(C)C)cs1. The van der Waals surface area contributed by atoms with Crippen LogP contribution in [0.1, 0.15) is 49.0 Å². The van der Waals surface area contributed by atoms with E-state index in [4.69, 9.17) is 28.2 Å². The van der Waals surface area contributed by atoms with Crippen LogP contribution in [0.4, 0.5) is 0 Å². The van der Waals surface area contributed by atoms with Gasteiger partial charge in [0.05, 0.1) is 21.8 Å². The molecule has 1 N–H and O–H groups in total. The molecule has 0 fully saturated rings. The van der Waals surface area contributed by atoms with Crippen molar-refractivity contribution >= 4 is 34.5 Å². The predicted molar refractivity (Wildman–Crippen MR) is 88.2 cm³/mol. The number of rotatable bonds is 5. The zero-order valence-corrected chi connectivity index (χ0v) is 14.1. The normalized spacial score (nSPS) is 12.9. The fourth-order valence-corrected chi connectivity index (χ4v) is 3.33. The van der Waals surface area contributed by atoms with Crippen molar-refractivity contribution in [2.45, 2.75) is 32.7 Å². The molecule has 0 aliphatic carbocycles. The minimum atomic E-state index is 0.0623. The van der Waals surface area contributed by atoms with Gasteiger partial charge in [-0.3, -0.25) is 0 Å². The third-order valence-corrected chi connectivity index (χ3v) is 4.73. The molecule has 1 aromatic carbocycles. The summed E-state index contributed by atoms with van der Waals surface area (Å²) in [7, 11) is 0. The molecular formula is C15H18Cl2N2S. The summed E-state index contributed by atoms with van der Waals surface area (Å²) in [6.07, 6.45) is 0. The summed E-state index contributed by atoms with van der Waals surface area (Å²) in [6, 6.07) is 5.80. The Morgan fingerprint density at radius 2 is 2.00 bits per heavy atom. The first kappa shape index (κ1) is 15.8. The highest BCUT2D eigenvalue weighted by Gasteiger charge is 2.18. The molecule has 20 heavy (non-hydrogen) atoms. The highest BCUT2D eigenvalue weighted by molar-refractivity contribution is 7.09. The number of aromatic nitrogens is 1. The zero-order valence-electron chi connectivity index (χ0n) is 11.8. The summed E-state index contributed by atoms with van der Waals surface area (Å²) < 4.78 is 0. The van der Waals surface area contributed by atoms with Crippen molar-refractivity contribution in [3.63, 3.8) is 0 Å². The summed E-state index contributed by atoms with van der Waals surface area (Å²) in [4.78, 5) is 4.74. The van der Waals surface area contributed by atoms with Crippen LogP contribution in [0.25, 0.3) is 0 Å². The number of benzene rings is 1. The Bertz CT molecular complexity index is 581. The molecular weight excluding hydrogens is 311 g/mol. The Kier molecular flexibility index (Phi) is 5.44. The Labute approximate surface area is 134 Å². The predicted octanol–water partition coefficient (Wildman–Crippen LogP) is 5.27. The second-order valence-corrected chi connectivity index (χ2v) is 6.63. The number of thiazole rings is 1. The Morgan fingerprint density at radius 1 is 1.25 bits per heavy atom. The van der Waals surface area contributed by atoms with Crippen LogP contribution < -0.4 is 5.32 Å². The molecule has 2 nitrogen and oxygen atoms in total. The van der Waals surface area contributed by atoms with Gasteiger partial charge in [0, 0.05) is 5.38 Å². The minimum absolute atomic E-state index is 0.0623. The topological polar surface area (TPSA) is 24.9 Å². The van der Waals surface area contributed by atoms with Gasteiger partial charge in [0.1, 0.15) is 5.01 Å². The minimum Gasteiger partial charge on any atom is -0.305 e. The van der Waals surface area contributed by atoms with Crippen molar-refractivity contribution in [3.05, 3.63) is 49.9 Å². The lowest BCUT2D eigenvalue weighted by molar-refractivity contribution is 0.623. The monoisotopic (exact) mass is 328 g/mol. The van der Waals surface area contributed by atoms with Crippen LogP contribution in [0.15, 0.2) is 23.6 Å². The van der Waals surface area contributed by atoms with Crippen LogP contribution in [0, 0.1) is 0 Å². The van der Waals surface area contributed by atoms with Crippen molar-refractivity contribution in [1.82, 2.24) is 10.3 Å². The summed E-state index contributed by atoms with van der Waals surface area (Å²) in [5.74, 6) is 0.441. The Morgan fingerprint density at radius 3 is 2.55 bits per heavy atom. The van der Waals surface area contributed by atoms with E-state index in [1.165, 1.54) is 0 Å². The highest BCUT2D eigenvalue weighted by atomic mass is 35.5. The van der Waals surface area contributed by atoms with E-state index in [-0.39, 0.29) is 6.04 Å². The van der Waals surface area contributed by atoms with E-state index in [9.17, 15) is 0 Å². The molecule has 0 aliphatic rings. The molecule has 0 radical (unpaired) electrons. The van der Waals surface area contributed by atoms with E-state index in [2.05, 4.69) is 31.5 Å². The van der Waals surface area contributed by atoms with Crippen LogP contribution in [0.5, 0.6) is 0 Å². The molecule has 108 valence electrons. The van der Waals surface area contributed by atoms with Crippen LogP contribution in [-0.4, -0.2) is 11.5 Å². The van der Waals surface area contributed by atoms with Gasteiger partial charge < -0.3 is 5.32 Å². The molecule has 0 amide bonds. The van der Waals surface area contributed by atoms with Gasteiger partial charge in [-0.25, -0.2) is 4.98 Å². The summed E-state index contributed by atoms with van der Waals surface area (Å²) in [6.45, 7) is 7.25. The van der Waals surface area contributed by atoms with E-state index < -0.39 is 0 Å². The van der Waals surface area contributed by atoms with Gasteiger partial charge in [-0.05, 0) is 30.2 Å². The van der Waals surface area contributed by atoms with Crippen LogP contribution in [0.2, 0.25) is 10.0 Å². The third-order valence-electron chi connectivity index (χ3n) is 3.06. The van der Waals surface area contributed by atoms with Crippen molar-refractivity contribution in [3.8, 4) is 0 Å². The smallest absolute Gasteiger partial charge is 0.114 e. The first-order valence-corrected chi connectivity index (χ1v) is 8.30. The molecule has 1 aromatic heterocycles. The van der Waals surface area contributed by atoms with E-state index in [0.29, 0.717) is 16.0 Å². The van der Waals surface area contributed by atoms with Crippen molar-refractivity contribution in [2.24, 2.45) is 0 Å². The quantitative estimate of drug-likeness (QED) is 0.808. The van der Waals surface area contributed by atoms with E-state index in [0.717, 1.165) is 22.8 Å². The first-order valence-electron chi connectivity index (χ1n) is 6.66. The number of halogens is 2. The lowest BCUT2D eigenvalue weighted by Gasteiger charge is -2.16. The average molecular weight is 329 g/mol. The molecule has 0 spiro atoms. The summed E-state index contributed by atoms with van der Waals surface area (Å²) >= 11 is 13.8. The van der Waals surface area contributed by atoms with Crippen molar-refractivity contribution < 1.29 is 0 Å². The molecule has 1 atom stereocenters. The van der Waals surface area contributed by atoms with E-state index in [1.807, 2.05) is 18.2 Å². The first-order chi connectivity index (χ1) is 9.52. The molecule has 0 aliphatic heterocycles. The number of hydrogen-bond donors (Lipinski definition) is 1. The van der Waals surface area contributed by atoms with Gasteiger partial charge in [-0.1, -0.05) is 50.0 Å². The maximum Gasteiger partial charge on any atom is 0.114 e. The zero-order chi connectivity index (χ0) is 14.7. The van der Waals surface area contributed by atoms with Gasteiger partial charge >= 0.3 is 0 Å². The lowest BCUT2D eigenvalue weighted by atomic mass is 10.1. The highest BCUT2D eigenvalue weighted by Crippen LogP contribution is 2.31. The second kappa shape index (κ2) is 6.90. The van der Waals surface area contributed by atoms with Crippen LogP contribution in [0.3, 0.4) is 0 Å². The van der Waals surface area contributed by atoms with Crippen LogP contribution in [-0.2, 0) is 0 Å². The van der Waals surface area contributed by atoms with Crippen LogP contribution >= 0.6 is 34.5 Å². The number of hydrogen-bond acceptors (Lipinski definition) is 3. The Balaban J connectivity index is 2.36. The third kappa shape index (κ3) is 3.53. The second-order valence-electron chi connectivity index (χ2n) is 4.93. The molecule has 2 rings (SSSR count). The fourth-order valence-electron chi connectivity index (χ4n) is 1.94. The largest absolute Gasteiger partial charge is 0.305 e. The Hall–Kier alpha value is -0.610. The standard InChI is InChI=1S/C15H18Cl2N2S/c1-4-18-14(10-5-6-11(16)12(17)7-10)15-19-13(8-20-15)9(2)3/h5-9,14,18H,4H2,1-3H3. The molecule has 5 heteroatoms. The number of nitrogens with one attached hydrogen (secondary N) is 1. The van der Waals surface area contributed by atoms with Crippen molar-refractivity contribution in [1.29, 1.82) is 0 Å². The molecule has 0 saturated heterocycles. The summed E-state index contributed by atoms with van der Waals surface area (Å²) in [5.41, 5.74) is 2.22. The number of nitrogens with zero attached hydrogens (tertiary/aromatic N) is 1. The molecule has 0 saturated carbocycles. The van der Waals surface area contributed by atoms with Crippen molar-refractivity contribution in [2.75, 3.05) is 6.54 Å². The van der Waals surface area contributed by atoms with Gasteiger partial charge in [-0.15, -0.1) is 11.3 Å². The van der Waals surface area contributed by atoms with Gasteiger partial charge in [-0.2, -0.15) is 0 Å². The van der Waals surface area contributed by atoms with E-state index >= 15 is 0 Å². The fraction of sp³-hybridized carbons (Fsp3) is 0.400. The van der Waals surface area contributed by atoms with Gasteiger partial charge in [0.25, 0.3) is 0 Å². The van der Waals surface area contributed by atoms with Gasteiger partial charge in [0.2, 0.25) is 0 Å².